The molecule has 1 N–H and O–H groups in total. The highest BCUT2D eigenvalue weighted by Crippen LogP contribution is 2.23. The SMILES string of the molecule is Cc1ccc(CC(=O)N/N=C\c2cc(Cl)ccc2OCc2ccc(Cl)cc2)c(C)c1. The van der Waals surface area contributed by atoms with Crippen LogP contribution in [0.5, 0.6) is 5.75 Å². The molecule has 0 heterocycles. The Morgan fingerprint density at radius 3 is 2.47 bits per heavy atom. The minimum atomic E-state index is -0.191. The summed E-state index contributed by atoms with van der Waals surface area (Å²) in [6, 6.07) is 18.7. The van der Waals surface area contributed by atoms with E-state index >= 15 is 0 Å². The van der Waals surface area contributed by atoms with E-state index in [2.05, 4.69) is 16.6 Å². The fraction of sp³-hybridized carbons (Fsp3) is 0.167. The van der Waals surface area contributed by atoms with Gasteiger partial charge < -0.3 is 4.74 Å². The van der Waals surface area contributed by atoms with Crippen LogP contribution in [-0.4, -0.2) is 12.1 Å². The summed E-state index contributed by atoms with van der Waals surface area (Å²) < 4.78 is 5.89. The lowest BCUT2D eigenvalue weighted by Gasteiger charge is -2.10. The number of rotatable bonds is 7. The quantitative estimate of drug-likeness (QED) is 0.368. The Morgan fingerprint density at radius 1 is 1.00 bits per heavy atom. The average molecular weight is 441 g/mol. The summed E-state index contributed by atoms with van der Waals surface area (Å²) >= 11 is 12.0. The molecule has 0 aliphatic heterocycles. The van der Waals surface area contributed by atoms with Gasteiger partial charge in [-0.1, -0.05) is 59.1 Å². The van der Waals surface area contributed by atoms with Crippen molar-refractivity contribution in [3.05, 3.63) is 98.5 Å². The van der Waals surface area contributed by atoms with Crippen molar-refractivity contribution in [2.24, 2.45) is 5.10 Å². The summed E-state index contributed by atoms with van der Waals surface area (Å²) in [5, 5.41) is 5.30. The molecule has 4 nitrogen and oxygen atoms in total. The number of carbonyl (C=O) groups is 1. The van der Waals surface area contributed by atoms with E-state index in [0.717, 1.165) is 16.7 Å². The van der Waals surface area contributed by atoms with E-state index in [-0.39, 0.29) is 12.3 Å². The lowest BCUT2D eigenvalue weighted by molar-refractivity contribution is -0.120. The van der Waals surface area contributed by atoms with E-state index in [9.17, 15) is 4.79 Å². The number of nitrogens with one attached hydrogen (secondary N) is 1. The molecule has 3 aromatic rings. The van der Waals surface area contributed by atoms with Crippen LogP contribution in [-0.2, 0) is 17.8 Å². The summed E-state index contributed by atoms with van der Waals surface area (Å²) in [6.07, 6.45) is 1.79. The molecule has 154 valence electrons. The zero-order chi connectivity index (χ0) is 21.5. The number of benzene rings is 3. The van der Waals surface area contributed by atoms with Gasteiger partial charge in [-0.2, -0.15) is 5.10 Å². The number of halogens is 2. The molecule has 6 heteroatoms. The van der Waals surface area contributed by atoms with Gasteiger partial charge in [-0.05, 0) is 60.9 Å². The van der Waals surface area contributed by atoms with Crippen molar-refractivity contribution in [1.82, 2.24) is 5.43 Å². The van der Waals surface area contributed by atoms with E-state index in [1.54, 1.807) is 18.2 Å². The molecule has 0 atom stereocenters. The first-order valence-corrected chi connectivity index (χ1v) is 10.2. The number of hydrazone groups is 1. The third kappa shape index (κ3) is 6.34. The maximum atomic E-state index is 12.2. The molecule has 0 spiro atoms. The van der Waals surface area contributed by atoms with Gasteiger partial charge in [0.25, 0.3) is 0 Å². The van der Waals surface area contributed by atoms with Crippen LogP contribution in [0.3, 0.4) is 0 Å². The third-order valence-electron chi connectivity index (χ3n) is 4.52. The third-order valence-corrected chi connectivity index (χ3v) is 5.01. The number of ether oxygens (including phenoxy) is 1. The van der Waals surface area contributed by atoms with Crippen molar-refractivity contribution in [2.75, 3.05) is 0 Å². The van der Waals surface area contributed by atoms with Crippen LogP contribution < -0.4 is 10.2 Å². The van der Waals surface area contributed by atoms with E-state index in [1.165, 1.54) is 11.8 Å². The monoisotopic (exact) mass is 440 g/mol. The van der Waals surface area contributed by atoms with Crippen LogP contribution in [0, 0.1) is 13.8 Å². The first-order chi connectivity index (χ1) is 14.4. The van der Waals surface area contributed by atoms with Crippen LogP contribution in [0.15, 0.2) is 65.8 Å². The van der Waals surface area contributed by atoms with E-state index < -0.39 is 0 Å². The second kappa shape index (κ2) is 10.3. The summed E-state index contributed by atoms with van der Waals surface area (Å²) in [6.45, 7) is 4.40. The molecule has 0 unspecified atom stereocenters. The molecule has 1 amide bonds. The number of aryl methyl sites for hydroxylation is 2. The normalized spacial score (nSPS) is 10.9. The topological polar surface area (TPSA) is 50.7 Å². The highest BCUT2D eigenvalue weighted by atomic mass is 35.5. The van der Waals surface area contributed by atoms with Gasteiger partial charge in [-0.25, -0.2) is 5.43 Å². The standard InChI is InChI=1S/C24H22Cl2N2O2/c1-16-3-6-19(17(2)11-16)13-24(29)28-27-14-20-12-22(26)9-10-23(20)30-15-18-4-7-21(25)8-5-18/h3-12,14H,13,15H2,1-2H3,(H,28,29)/b27-14-. The van der Waals surface area contributed by atoms with Crippen molar-refractivity contribution >= 4 is 35.3 Å². The largest absolute Gasteiger partial charge is 0.488 e. The second-order valence-corrected chi connectivity index (χ2v) is 7.87. The average Bonchev–Trinajstić information content (AvgIpc) is 2.71. The molecule has 3 aromatic carbocycles. The van der Waals surface area contributed by atoms with Crippen molar-refractivity contribution < 1.29 is 9.53 Å². The number of nitrogens with zero attached hydrogens (tertiary/aromatic N) is 1. The minimum absolute atomic E-state index is 0.191. The number of carbonyl (C=O) groups excluding carboxylic acids is 1. The lowest BCUT2D eigenvalue weighted by atomic mass is 10.0. The fourth-order valence-corrected chi connectivity index (χ4v) is 3.23. The summed E-state index contributed by atoms with van der Waals surface area (Å²) in [7, 11) is 0. The highest BCUT2D eigenvalue weighted by molar-refractivity contribution is 6.31. The van der Waals surface area contributed by atoms with Crippen molar-refractivity contribution in [2.45, 2.75) is 26.9 Å². The molecule has 0 saturated carbocycles. The zero-order valence-corrected chi connectivity index (χ0v) is 18.3. The first-order valence-electron chi connectivity index (χ1n) is 9.45. The van der Waals surface area contributed by atoms with Gasteiger partial charge in [0.1, 0.15) is 12.4 Å². The Bertz CT molecular complexity index is 1060. The molecule has 0 fully saturated rings. The summed E-state index contributed by atoms with van der Waals surface area (Å²) in [5.74, 6) is 0.422. The van der Waals surface area contributed by atoms with Crippen molar-refractivity contribution in [3.8, 4) is 5.75 Å². The number of hydrogen-bond donors (Lipinski definition) is 1. The van der Waals surface area contributed by atoms with Crippen LogP contribution in [0.4, 0.5) is 0 Å². The van der Waals surface area contributed by atoms with Gasteiger partial charge >= 0.3 is 0 Å². The van der Waals surface area contributed by atoms with Crippen LogP contribution >= 0.6 is 23.2 Å². The van der Waals surface area contributed by atoms with Gasteiger partial charge in [0, 0.05) is 15.6 Å². The Hall–Kier alpha value is -2.82. The fourth-order valence-electron chi connectivity index (χ4n) is 2.92. The second-order valence-electron chi connectivity index (χ2n) is 7.00. The molecule has 3 rings (SSSR count). The van der Waals surface area contributed by atoms with E-state index in [0.29, 0.717) is 28.0 Å². The summed E-state index contributed by atoms with van der Waals surface area (Å²) in [4.78, 5) is 12.2. The van der Waals surface area contributed by atoms with Gasteiger partial charge in [-0.15, -0.1) is 0 Å². The Balaban J connectivity index is 1.63. The first kappa shape index (κ1) is 21.9. The molecule has 0 aliphatic carbocycles. The van der Waals surface area contributed by atoms with Crippen molar-refractivity contribution in [3.63, 3.8) is 0 Å². The van der Waals surface area contributed by atoms with Crippen molar-refractivity contribution in [1.29, 1.82) is 0 Å². The van der Waals surface area contributed by atoms with Gasteiger partial charge in [0.2, 0.25) is 5.91 Å². The summed E-state index contributed by atoms with van der Waals surface area (Å²) in [5.41, 5.74) is 7.45. The number of hydrogen-bond acceptors (Lipinski definition) is 3. The number of amides is 1. The van der Waals surface area contributed by atoms with E-state index in [1.807, 2.05) is 50.2 Å². The predicted octanol–water partition coefficient (Wildman–Crippen LogP) is 5.88. The maximum absolute atomic E-state index is 12.2. The smallest absolute Gasteiger partial charge is 0.244 e. The molecule has 0 bridgehead atoms. The predicted molar refractivity (Wildman–Crippen MR) is 123 cm³/mol. The Kier molecular flexibility index (Phi) is 7.50. The molecule has 0 saturated heterocycles. The van der Waals surface area contributed by atoms with Gasteiger partial charge in [0.05, 0.1) is 12.6 Å². The van der Waals surface area contributed by atoms with Gasteiger partial charge in [0.15, 0.2) is 0 Å². The molecule has 30 heavy (non-hydrogen) atoms. The lowest BCUT2D eigenvalue weighted by Crippen LogP contribution is -2.20. The Morgan fingerprint density at radius 2 is 1.73 bits per heavy atom. The molecule has 0 aromatic heterocycles. The maximum Gasteiger partial charge on any atom is 0.244 e. The van der Waals surface area contributed by atoms with Crippen LogP contribution in [0.25, 0.3) is 0 Å². The molecule has 0 radical (unpaired) electrons. The molecule has 0 aliphatic rings. The van der Waals surface area contributed by atoms with Crippen LogP contribution in [0.1, 0.15) is 27.8 Å². The van der Waals surface area contributed by atoms with Crippen LogP contribution in [0.2, 0.25) is 10.0 Å². The molecular formula is C24H22Cl2N2O2. The minimum Gasteiger partial charge on any atom is -0.488 e. The van der Waals surface area contributed by atoms with Gasteiger partial charge in [-0.3, -0.25) is 4.79 Å². The van der Waals surface area contributed by atoms with E-state index in [4.69, 9.17) is 27.9 Å². The Labute approximate surface area is 186 Å². The molecular weight excluding hydrogens is 419 g/mol. The highest BCUT2D eigenvalue weighted by Gasteiger charge is 2.07. The zero-order valence-electron chi connectivity index (χ0n) is 16.8.